The summed E-state index contributed by atoms with van der Waals surface area (Å²) in [4.78, 5) is 12.6. The van der Waals surface area contributed by atoms with E-state index in [4.69, 9.17) is 14.4 Å². The summed E-state index contributed by atoms with van der Waals surface area (Å²) in [5, 5.41) is 8.32. The molecular weight excluding hydrogens is 717 g/mol. The SMILES string of the molecule is c1ccc(C2=NC(c3ccccc3)NC(c3ccc(-c4ccc(N(c5ccccc5)c5ccc6c(c5)sc5ccccc56)cc4)c4oc5ccccc5c34)=N2)cc1. The Bertz CT molecular complexity index is 3150. The fourth-order valence-electron chi connectivity index (χ4n) is 8.03. The highest BCUT2D eigenvalue weighted by molar-refractivity contribution is 7.25. The van der Waals surface area contributed by atoms with Gasteiger partial charge in [0, 0.05) is 64.7 Å². The molecule has 0 aliphatic carbocycles. The molecule has 0 saturated heterocycles. The highest BCUT2D eigenvalue weighted by Gasteiger charge is 2.25. The molecule has 11 rings (SSSR count). The molecule has 57 heavy (non-hydrogen) atoms. The van der Waals surface area contributed by atoms with Crippen LogP contribution in [0.1, 0.15) is 22.9 Å². The largest absolute Gasteiger partial charge is 0.455 e. The number of furan rings is 1. The number of thiophene rings is 1. The fraction of sp³-hybridized carbons (Fsp3) is 0.0196. The van der Waals surface area contributed by atoms with Gasteiger partial charge in [0.05, 0.1) is 0 Å². The molecule has 0 bridgehead atoms. The van der Waals surface area contributed by atoms with Crippen LogP contribution in [0.4, 0.5) is 17.1 Å². The van der Waals surface area contributed by atoms with Gasteiger partial charge in [-0.3, -0.25) is 0 Å². The van der Waals surface area contributed by atoms with E-state index in [0.717, 1.165) is 72.7 Å². The maximum atomic E-state index is 6.75. The second kappa shape index (κ2) is 13.8. The number of rotatable bonds is 7. The highest BCUT2D eigenvalue weighted by atomic mass is 32.1. The van der Waals surface area contributed by atoms with Crippen LogP contribution in [-0.4, -0.2) is 11.7 Å². The molecule has 10 aromatic rings. The normalized spacial score (nSPS) is 14.1. The molecule has 1 N–H and O–H groups in total. The molecule has 1 unspecified atom stereocenters. The first-order valence-electron chi connectivity index (χ1n) is 19.1. The third-order valence-electron chi connectivity index (χ3n) is 10.7. The summed E-state index contributed by atoms with van der Waals surface area (Å²) in [5.74, 6) is 1.44. The zero-order valence-corrected chi connectivity index (χ0v) is 31.5. The smallest absolute Gasteiger partial charge is 0.159 e. The topological polar surface area (TPSA) is 53.1 Å². The lowest BCUT2D eigenvalue weighted by Gasteiger charge is -2.26. The van der Waals surface area contributed by atoms with E-state index in [2.05, 4.69) is 156 Å². The quantitative estimate of drug-likeness (QED) is 0.176. The lowest BCUT2D eigenvalue weighted by Crippen LogP contribution is -2.33. The van der Waals surface area contributed by atoms with Crippen molar-refractivity contribution < 1.29 is 4.42 Å². The highest BCUT2D eigenvalue weighted by Crippen LogP contribution is 2.43. The molecule has 0 saturated carbocycles. The second-order valence-electron chi connectivity index (χ2n) is 14.2. The Morgan fingerprint density at radius 1 is 0.509 bits per heavy atom. The number of aliphatic imine (C=N–C) groups is 2. The van der Waals surface area contributed by atoms with E-state index in [1.165, 1.54) is 20.2 Å². The van der Waals surface area contributed by atoms with Crippen molar-refractivity contribution in [3.05, 3.63) is 211 Å². The number of hydrogen-bond donors (Lipinski definition) is 1. The van der Waals surface area contributed by atoms with Gasteiger partial charge in [-0.2, -0.15) is 0 Å². The third kappa shape index (κ3) is 5.86. The van der Waals surface area contributed by atoms with Crippen LogP contribution in [0.2, 0.25) is 0 Å². The standard InChI is InChI=1S/C51H34N4OS/c1-4-14-34(15-5-1)49-52-50(35-16-6-2-7-17-35)54-51(53-49)43-31-30-39(48-47(43)42-21-10-12-22-44(42)56-48)33-24-26-37(27-25-33)55(36-18-8-3-9-19-36)38-28-29-41-40-20-11-13-23-45(40)57-46(41)32-38/h1-32,49H,(H,52,53,54). The number of benzene rings is 8. The van der Waals surface area contributed by atoms with Crippen molar-refractivity contribution >= 4 is 82.2 Å². The molecule has 8 aromatic carbocycles. The Kier molecular flexibility index (Phi) is 8.00. The van der Waals surface area contributed by atoms with Gasteiger partial charge in [0.25, 0.3) is 0 Å². The Morgan fingerprint density at radius 2 is 1.14 bits per heavy atom. The summed E-state index contributed by atoms with van der Waals surface area (Å²) in [6.45, 7) is 0. The molecule has 1 aliphatic heterocycles. The summed E-state index contributed by atoms with van der Waals surface area (Å²) in [6.07, 6.45) is -0.304. The number of para-hydroxylation sites is 2. The van der Waals surface area contributed by atoms with Gasteiger partial charge in [-0.1, -0.05) is 133 Å². The van der Waals surface area contributed by atoms with Gasteiger partial charge in [-0.05, 0) is 71.8 Å². The van der Waals surface area contributed by atoms with Crippen LogP contribution in [-0.2, 0) is 0 Å². The lowest BCUT2D eigenvalue weighted by molar-refractivity contribution is 0.668. The number of amidine groups is 2. The van der Waals surface area contributed by atoms with Crippen molar-refractivity contribution in [1.29, 1.82) is 0 Å². The second-order valence-corrected chi connectivity index (χ2v) is 15.3. The first-order chi connectivity index (χ1) is 28.2. The van der Waals surface area contributed by atoms with Crippen molar-refractivity contribution in [3.8, 4) is 11.1 Å². The molecule has 1 aliphatic rings. The van der Waals surface area contributed by atoms with Gasteiger partial charge in [0.1, 0.15) is 23.2 Å². The molecule has 3 heterocycles. The number of fused-ring (bicyclic) bond motifs is 6. The van der Waals surface area contributed by atoms with E-state index in [1.807, 2.05) is 59.9 Å². The maximum Gasteiger partial charge on any atom is 0.159 e. The molecule has 6 heteroatoms. The van der Waals surface area contributed by atoms with E-state index < -0.39 is 0 Å². The van der Waals surface area contributed by atoms with Crippen LogP contribution in [0, 0.1) is 0 Å². The predicted molar refractivity (Wildman–Crippen MR) is 239 cm³/mol. The molecule has 0 fully saturated rings. The van der Waals surface area contributed by atoms with Crippen LogP contribution >= 0.6 is 11.3 Å². The van der Waals surface area contributed by atoms with Crippen molar-refractivity contribution in [2.24, 2.45) is 9.98 Å². The summed E-state index contributed by atoms with van der Waals surface area (Å²) in [5.41, 5.74) is 10.0. The first-order valence-corrected chi connectivity index (χ1v) is 19.9. The van der Waals surface area contributed by atoms with E-state index in [1.54, 1.807) is 0 Å². The van der Waals surface area contributed by atoms with Crippen LogP contribution in [0.5, 0.6) is 0 Å². The van der Waals surface area contributed by atoms with Crippen LogP contribution in [0.25, 0.3) is 53.2 Å². The van der Waals surface area contributed by atoms with Crippen molar-refractivity contribution in [2.75, 3.05) is 4.90 Å². The summed E-state index contributed by atoms with van der Waals surface area (Å²) in [7, 11) is 0. The molecule has 0 amide bonds. The Morgan fingerprint density at radius 3 is 1.95 bits per heavy atom. The van der Waals surface area contributed by atoms with Crippen molar-refractivity contribution in [3.63, 3.8) is 0 Å². The van der Waals surface area contributed by atoms with Gasteiger partial charge in [-0.25, -0.2) is 9.98 Å². The summed E-state index contributed by atoms with van der Waals surface area (Å²) < 4.78 is 9.32. The molecule has 2 aromatic heterocycles. The monoisotopic (exact) mass is 750 g/mol. The van der Waals surface area contributed by atoms with Gasteiger partial charge in [-0.15, -0.1) is 11.3 Å². The Balaban J connectivity index is 1.02. The van der Waals surface area contributed by atoms with Crippen LogP contribution < -0.4 is 10.2 Å². The van der Waals surface area contributed by atoms with Crippen molar-refractivity contribution in [1.82, 2.24) is 5.32 Å². The number of anilines is 3. The molecule has 1 atom stereocenters. The lowest BCUT2D eigenvalue weighted by atomic mass is 9.97. The van der Waals surface area contributed by atoms with E-state index in [-0.39, 0.29) is 6.17 Å². The number of nitrogens with one attached hydrogen (secondary N) is 1. The average molecular weight is 751 g/mol. The molecular formula is C51H34N4OS. The zero-order valence-electron chi connectivity index (χ0n) is 30.7. The summed E-state index contributed by atoms with van der Waals surface area (Å²) >= 11 is 1.84. The first kappa shape index (κ1) is 33.1. The predicted octanol–water partition coefficient (Wildman–Crippen LogP) is 13.6. The van der Waals surface area contributed by atoms with Gasteiger partial charge in [0.2, 0.25) is 0 Å². The van der Waals surface area contributed by atoms with E-state index >= 15 is 0 Å². The van der Waals surface area contributed by atoms with Crippen LogP contribution in [0.3, 0.4) is 0 Å². The Labute approximate surface area is 333 Å². The fourth-order valence-corrected chi connectivity index (χ4v) is 9.17. The molecule has 5 nitrogen and oxygen atoms in total. The van der Waals surface area contributed by atoms with Gasteiger partial charge >= 0.3 is 0 Å². The third-order valence-corrected chi connectivity index (χ3v) is 11.9. The van der Waals surface area contributed by atoms with Crippen LogP contribution in [0.15, 0.2) is 209 Å². The van der Waals surface area contributed by atoms with E-state index in [9.17, 15) is 0 Å². The maximum absolute atomic E-state index is 6.75. The van der Waals surface area contributed by atoms with Gasteiger partial charge < -0.3 is 14.6 Å². The summed E-state index contributed by atoms with van der Waals surface area (Å²) in [6, 6.07) is 68.0. The number of nitrogens with zero attached hydrogens (tertiary/aromatic N) is 3. The minimum atomic E-state index is -0.304. The zero-order chi connectivity index (χ0) is 37.7. The van der Waals surface area contributed by atoms with Crippen molar-refractivity contribution in [2.45, 2.75) is 6.17 Å². The minimum Gasteiger partial charge on any atom is -0.455 e. The molecule has 270 valence electrons. The van der Waals surface area contributed by atoms with E-state index in [0.29, 0.717) is 5.84 Å². The van der Waals surface area contributed by atoms with Gasteiger partial charge in [0.15, 0.2) is 5.84 Å². The minimum absolute atomic E-state index is 0.304. The Hall–Kier alpha value is -7.28. The molecule has 0 radical (unpaired) electrons. The molecule has 0 spiro atoms. The number of hydrogen-bond acceptors (Lipinski definition) is 6. The average Bonchev–Trinajstić information content (AvgIpc) is 3.86.